The van der Waals surface area contributed by atoms with Crippen LogP contribution in [0.25, 0.3) is 5.57 Å². The van der Waals surface area contributed by atoms with Gasteiger partial charge in [0.1, 0.15) is 23.7 Å². The molecule has 3 saturated heterocycles. The topological polar surface area (TPSA) is 257 Å². The van der Waals surface area contributed by atoms with Crippen molar-refractivity contribution in [2.24, 2.45) is 16.3 Å². The van der Waals surface area contributed by atoms with E-state index >= 15 is 0 Å². The maximum absolute atomic E-state index is 14.5. The number of aliphatic hydroxyl groups excluding tert-OH is 1. The lowest BCUT2D eigenvalue weighted by atomic mass is 9.79. The molecular weight excluding hydrogens is 1150 g/mol. The van der Waals surface area contributed by atoms with Gasteiger partial charge in [-0.05, 0) is 77.8 Å². The number of thiazole rings is 1. The van der Waals surface area contributed by atoms with Crippen LogP contribution in [0, 0.1) is 17.2 Å². The Morgan fingerprint density at radius 2 is 1.51 bits per heavy atom. The number of phenols is 1. The minimum Gasteiger partial charge on any atom is -0.508 e. The molecule has 9 rings (SSSR count). The van der Waals surface area contributed by atoms with E-state index in [0.717, 1.165) is 85.6 Å². The van der Waals surface area contributed by atoms with Crippen molar-refractivity contribution in [3.63, 3.8) is 0 Å². The zero-order valence-electron chi connectivity index (χ0n) is 50.8. The quantitative estimate of drug-likeness (QED) is 0.0437. The van der Waals surface area contributed by atoms with Crippen molar-refractivity contribution in [2.75, 3.05) is 115 Å². The molecule has 22 nitrogen and oxygen atoms in total. The number of carbonyl (C=O) groups is 6. The third kappa shape index (κ3) is 17.1. The van der Waals surface area contributed by atoms with Crippen molar-refractivity contribution < 1.29 is 62.3 Å². The number of piperidine rings is 1. The molecular formula is C64H83FN10O12S. The van der Waals surface area contributed by atoms with Gasteiger partial charge in [-0.15, -0.1) is 11.3 Å². The molecule has 0 bridgehead atoms. The summed E-state index contributed by atoms with van der Waals surface area (Å²) >= 11 is 1.21. The molecule has 5 aliphatic rings. The van der Waals surface area contributed by atoms with Gasteiger partial charge in [0.2, 0.25) is 23.6 Å². The summed E-state index contributed by atoms with van der Waals surface area (Å²) in [4.78, 5) is 99.1. The Morgan fingerprint density at radius 3 is 2.16 bits per heavy atom. The normalized spacial score (nSPS) is 18.9. The summed E-state index contributed by atoms with van der Waals surface area (Å²) in [6.07, 6.45) is 5.73. The molecule has 3 fully saturated rings. The first-order chi connectivity index (χ1) is 42.4. The number of amides is 6. The molecule has 3 unspecified atom stereocenters. The fourth-order valence-corrected chi connectivity index (χ4v) is 12.5. The predicted octanol–water partition coefficient (Wildman–Crippen LogP) is 5.55. The van der Waals surface area contributed by atoms with Crippen LogP contribution in [0.5, 0.6) is 5.75 Å². The second kappa shape index (κ2) is 30.8. The average Bonchev–Trinajstić information content (AvgIpc) is 2.49. The van der Waals surface area contributed by atoms with Crippen molar-refractivity contribution in [3.05, 3.63) is 112 Å². The lowest BCUT2D eigenvalue weighted by molar-refractivity contribution is -0.144. The van der Waals surface area contributed by atoms with E-state index in [-0.39, 0.29) is 99.5 Å². The number of piperazine rings is 1. The van der Waals surface area contributed by atoms with E-state index in [1.165, 1.54) is 39.0 Å². The highest BCUT2D eigenvalue weighted by molar-refractivity contribution is 7.13. The highest BCUT2D eigenvalue weighted by Crippen LogP contribution is 2.39. The first kappa shape index (κ1) is 65.3. The molecule has 5 N–H and O–H groups in total. The zero-order chi connectivity index (χ0) is 62.3. The summed E-state index contributed by atoms with van der Waals surface area (Å²) in [5, 5.41) is 31.9. The van der Waals surface area contributed by atoms with Crippen molar-refractivity contribution >= 4 is 69.4 Å². The number of aliphatic hydroxyl groups is 1. The number of anilines is 2. The standard InChI is InChI=1S/C64H83FN10O12S/c1-42-50(13-18-66-42)44-7-5-43(6-8-44)38-69-59(80)54-37-49(76)41-74(54)62(83)53(64(2,3)4)39-68-56(78)16-26-84-28-30-86-32-33-87-31-29-85-27-17-57(79)73-24-22-72(23-25-73)47-14-20-71(21-15-47)48-11-9-45-40-75(61(82)51(45)36-48)58(52-35-46(65)10-12-55(52)77)60(81)70-63-67-19-34-88-63/h5-12,18-19,34-36,47,49,53-54,58,76-77H,13-17,20-33,37-41H2,1-4H3,(H,68,78)(H,69,80)(H,67,70,81)/t49-,53?,54?,58?/m1/s1. The van der Waals surface area contributed by atoms with Gasteiger partial charge in [-0.3, -0.25) is 44.0 Å². The van der Waals surface area contributed by atoms with Gasteiger partial charge >= 0.3 is 0 Å². The van der Waals surface area contributed by atoms with Gasteiger partial charge in [-0.25, -0.2) is 9.37 Å². The van der Waals surface area contributed by atoms with Gasteiger partial charge in [0.25, 0.3) is 11.8 Å². The number of ether oxygens (including phenoxy) is 4. The van der Waals surface area contributed by atoms with Gasteiger partial charge in [0.15, 0.2) is 5.13 Å². The van der Waals surface area contributed by atoms with E-state index in [2.05, 4.69) is 35.7 Å². The van der Waals surface area contributed by atoms with E-state index in [1.54, 1.807) is 5.38 Å². The molecule has 1 aromatic heterocycles. The third-order valence-electron chi connectivity index (χ3n) is 17.0. The molecule has 24 heteroatoms. The molecule has 4 atom stereocenters. The molecule has 0 spiro atoms. The Labute approximate surface area is 517 Å². The summed E-state index contributed by atoms with van der Waals surface area (Å²) in [6.45, 7) is 15.1. The van der Waals surface area contributed by atoms with Crippen LogP contribution < -0.4 is 20.9 Å². The van der Waals surface area contributed by atoms with Crippen LogP contribution in [0.15, 0.2) is 82.9 Å². The molecule has 0 saturated carbocycles. The van der Waals surface area contributed by atoms with Crippen molar-refractivity contribution in [1.82, 2.24) is 35.2 Å². The monoisotopic (exact) mass is 1230 g/mol. The number of allylic oxidation sites excluding steroid dienone is 2. The zero-order valence-corrected chi connectivity index (χ0v) is 51.6. The smallest absolute Gasteiger partial charge is 0.255 e. The predicted molar refractivity (Wildman–Crippen MR) is 330 cm³/mol. The maximum atomic E-state index is 14.5. The second-order valence-corrected chi connectivity index (χ2v) is 24.8. The first-order valence-electron chi connectivity index (χ1n) is 30.5. The SMILES string of the molecule is CC1=C(c2ccc(CNC(=O)C3C[C@@H](O)CN3C(=O)C(CNC(=O)CCOCCOCCOCCOCCC(=O)N3CCN(C4CCN(c5ccc6c(c5)C(=O)N(C(C(=O)Nc5nccs5)c5cc(F)ccc5O)C6)CC4)CC3)C(C)(C)C)cc2)CC=N1. The van der Waals surface area contributed by atoms with E-state index < -0.39 is 41.2 Å². The van der Waals surface area contributed by atoms with Crippen LogP contribution in [-0.2, 0) is 56.0 Å². The molecule has 88 heavy (non-hydrogen) atoms. The first-order valence-corrected chi connectivity index (χ1v) is 31.3. The number of nitrogens with one attached hydrogen (secondary N) is 3. The van der Waals surface area contributed by atoms with E-state index in [0.29, 0.717) is 69.5 Å². The number of benzene rings is 3. The van der Waals surface area contributed by atoms with Crippen molar-refractivity contribution in [2.45, 2.75) is 104 Å². The number of hydrogen-bond donors (Lipinski definition) is 5. The van der Waals surface area contributed by atoms with E-state index in [9.17, 15) is 43.4 Å². The highest BCUT2D eigenvalue weighted by atomic mass is 32.1. The lowest BCUT2D eigenvalue weighted by Gasteiger charge is -2.43. The number of fused-ring (bicyclic) bond motifs is 1. The Bertz CT molecular complexity index is 3130. The molecule has 5 aliphatic heterocycles. The number of aliphatic imine (C=N–C) groups is 1. The second-order valence-electron chi connectivity index (χ2n) is 23.9. The maximum Gasteiger partial charge on any atom is 0.255 e. The summed E-state index contributed by atoms with van der Waals surface area (Å²) in [5.74, 6) is -3.43. The van der Waals surface area contributed by atoms with Crippen LogP contribution in [-0.4, -0.2) is 200 Å². The summed E-state index contributed by atoms with van der Waals surface area (Å²) in [5.41, 5.74) is 5.71. The van der Waals surface area contributed by atoms with Crippen molar-refractivity contribution in [1.29, 1.82) is 0 Å². The van der Waals surface area contributed by atoms with E-state index in [1.807, 2.05) is 81.3 Å². The number of carbonyl (C=O) groups excluding carboxylic acids is 6. The highest BCUT2D eigenvalue weighted by Gasteiger charge is 2.44. The molecule has 3 aromatic carbocycles. The van der Waals surface area contributed by atoms with Gasteiger partial charge in [0, 0.05) is 131 Å². The molecule has 0 radical (unpaired) electrons. The van der Waals surface area contributed by atoms with Crippen molar-refractivity contribution in [3.8, 4) is 5.75 Å². The van der Waals surface area contributed by atoms with Crippen LogP contribution in [0.4, 0.5) is 15.2 Å². The number of phenolic OH excluding ortho intramolecular Hbond substituents is 1. The Morgan fingerprint density at radius 1 is 0.830 bits per heavy atom. The largest absolute Gasteiger partial charge is 0.508 e. The number of aromatic nitrogens is 1. The van der Waals surface area contributed by atoms with Crippen LogP contribution in [0.3, 0.4) is 0 Å². The third-order valence-corrected chi connectivity index (χ3v) is 17.7. The van der Waals surface area contributed by atoms with Gasteiger partial charge in [0.05, 0.1) is 71.3 Å². The number of halogens is 1. The van der Waals surface area contributed by atoms with Crippen LogP contribution in [0.1, 0.15) is 105 Å². The van der Waals surface area contributed by atoms with Crippen LogP contribution in [0.2, 0.25) is 0 Å². The molecule has 6 heterocycles. The number of β-amino-alcohol motifs (C(OH)–C–C–N with tert-alkyl or cyclic N) is 1. The summed E-state index contributed by atoms with van der Waals surface area (Å²) < 4.78 is 37.0. The summed E-state index contributed by atoms with van der Waals surface area (Å²) in [7, 11) is 0. The fourth-order valence-electron chi connectivity index (χ4n) is 12.0. The fraction of sp³-hybridized carbons (Fsp3) is 0.531. The van der Waals surface area contributed by atoms with Crippen LogP contribution >= 0.6 is 11.3 Å². The number of aromatic hydroxyl groups is 1. The van der Waals surface area contributed by atoms with Gasteiger partial charge in [-0.1, -0.05) is 51.1 Å². The van der Waals surface area contributed by atoms with E-state index in [4.69, 9.17) is 18.9 Å². The number of nitrogens with zero attached hydrogens (tertiary/aromatic N) is 7. The minimum absolute atomic E-state index is 0.0169. The number of rotatable bonds is 28. The Kier molecular flexibility index (Phi) is 22.9. The number of hydrogen-bond acceptors (Lipinski definition) is 17. The van der Waals surface area contributed by atoms with Gasteiger partial charge < -0.3 is 59.4 Å². The molecule has 6 amide bonds. The minimum atomic E-state index is -1.30. The lowest BCUT2D eigenvalue weighted by Crippen LogP contribution is -2.54. The molecule has 0 aliphatic carbocycles. The Hall–Kier alpha value is -7.19. The average molecular weight is 1240 g/mol. The molecule has 4 aromatic rings. The Balaban J connectivity index is 0.582. The van der Waals surface area contributed by atoms with Gasteiger partial charge in [-0.2, -0.15) is 0 Å². The number of likely N-dealkylation sites (tertiary alicyclic amines) is 1. The summed E-state index contributed by atoms with van der Waals surface area (Å²) in [6, 6.07) is 15.3. The molecule has 474 valence electrons.